The maximum Gasteiger partial charge on any atom is 0.233 e. The van der Waals surface area contributed by atoms with E-state index < -0.39 is 0 Å². The lowest BCUT2D eigenvalue weighted by atomic mass is 10.1. The minimum Gasteiger partial charge on any atom is -0.497 e. The van der Waals surface area contributed by atoms with Crippen LogP contribution in [-0.4, -0.2) is 50.5 Å². The van der Waals surface area contributed by atoms with Crippen LogP contribution in [0.1, 0.15) is 39.1 Å². The molecule has 1 aromatic heterocycles. The topological polar surface area (TPSA) is 60.2 Å². The Morgan fingerprint density at radius 2 is 1.65 bits per heavy atom. The van der Waals surface area contributed by atoms with Crippen LogP contribution in [0.2, 0.25) is 0 Å². The molecule has 0 saturated heterocycles. The predicted octanol–water partition coefficient (Wildman–Crippen LogP) is 4.60. The normalized spacial score (nSPS) is 11.2. The molecule has 0 aliphatic heterocycles. The van der Waals surface area contributed by atoms with E-state index in [1.807, 2.05) is 79.6 Å². The SMILES string of the molecule is COc1ccc(-n2c(Cc3ccccc3)nnc2SCC(=O)N(C(C)C)C(C)C)cc1. The van der Waals surface area contributed by atoms with Gasteiger partial charge in [0.1, 0.15) is 11.6 Å². The first-order valence-corrected chi connectivity index (χ1v) is 11.5. The van der Waals surface area contributed by atoms with Crippen LogP contribution in [0.5, 0.6) is 5.75 Å². The number of methoxy groups -OCH3 is 1. The number of hydrogen-bond donors (Lipinski definition) is 0. The summed E-state index contributed by atoms with van der Waals surface area (Å²) in [5, 5.41) is 9.59. The quantitative estimate of drug-likeness (QED) is 0.457. The lowest BCUT2D eigenvalue weighted by molar-refractivity contribution is -0.131. The Balaban J connectivity index is 1.89. The van der Waals surface area contributed by atoms with Crippen LogP contribution in [0, 0.1) is 0 Å². The molecule has 0 saturated carbocycles. The van der Waals surface area contributed by atoms with Crippen molar-refractivity contribution in [3.05, 3.63) is 66.0 Å². The number of nitrogens with zero attached hydrogens (tertiary/aromatic N) is 4. The maximum absolute atomic E-state index is 12.9. The summed E-state index contributed by atoms with van der Waals surface area (Å²) in [5.41, 5.74) is 2.10. The lowest BCUT2D eigenvalue weighted by Crippen LogP contribution is -2.43. The van der Waals surface area contributed by atoms with Gasteiger partial charge in [0, 0.05) is 24.2 Å². The molecule has 0 aliphatic rings. The Bertz CT molecular complexity index is 977. The average molecular weight is 439 g/mol. The molecule has 3 aromatic rings. The first-order chi connectivity index (χ1) is 14.9. The zero-order chi connectivity index (χ0) is 22.4. The molecule has 0 bridgehead atoms. The molecule has 0 spiro atoms. The number of benzene rings is 2. The van der Waals surface area contributed by atoms with Gasteiger partial charge in [-0.15, -0.1) is 10.2 Å². The van der Waals surface area contributed by atoms with Gasteiger partial charge >= 0.3 is 0 Å². The molecule has 1 heterocycles. The molecule has 0 atom stereocenters. The highest BCUT2D eigenvalue weighted by molar-refractivity contribution is 7.99. The van der Waals surface area contributed by atoms with Gasteiger partial charge in [-0.2, -0.15) is 0 Å². The smallest absolute Gasteiger partial charge is 0.233 e. The number of hydrogen-bond acceptors (Lipinski definition) is 5. The maximum atomic E-state index is 12.9. The Morgan fingerprint density at radius 1 is 1.00 bits per heavy atom. The summed E-state index contributed by atoms with van der Waals surface area (Å²) in [6.07, 6.45) is 0.651. The van der Waals surface area contributed by atoms with E-state index in [0.717, 1.165) is 22.8 Å². The second-order valence-electron chi connectivity index (χ2n) is 7.87. The number of carbonyl (C=O) groups excluding carboxylic acids is 1. The van der Waals surface area contributed by atoms with E-state index in [9.17, 15) is 4.79 Å². The van der Waals surface area contributed by atoms with Crippen LogP contribution in [0.15, 0.2) is 59.8 Å². The monoisotopic (exact) mass is 438 g/mol. The van der Waals surface area contributed by atoms with Crippen molar-refractivity contribution < 1.29 is 9.53 Å². The third-order valence-corrected chi connectivity index (χ3v) is 5.88. The predicted molar refractivity (Wildman–Crippen MR) is 125 cm³/mol. The molecule has 7 heteroatoms. The minimum absolute atomic E-state index is 0.101. The first kappa shape index (κ1) is 22.9. The molecular formula is C24H30N4O2S. The number of amides is 1. The largest absolute Gasteiger partial charge is 0.497 e. The Labute approximate surface area is 188 Å². The molecular weight excluding hydrogens is 408 g/mol. The van der Waals surface area contributed by atoms with Gasteiger partial charge in [-0.25, -0.2) is 0 Å². The standard InChI is InChI=1S/C24H30N4O2S/c1-17(2)27(18(3)4)23(29)16-31-24-26-25-22(15-19-9-7-6-8-10-19)28(24)20-11-13-21(30-5)14-12-20/h6-14,17-18H,15-16H2,1-5H3. The van der Waals surface area contributed by atoms with Crippen molar-refractivity contribution in [2.45, 2.75) is 51.4 Å². The van der Waals surface area contributed by atoms with Crippen molar-refractivity contribution in [1.82, 2.24) is 19.7 Å². The molecule has 0 fully saturated rings. The van der Waals surface area contributed by atoms with Crippen molar-refractivity contribution in [1.29, 1.82) is 0 Å². The molecule has 3 rings (SSSR count). The molecule has 0 N–H and O–H groups in total. The first-order valence-electron chi connectivity index (χ1n) is 10.5. The summed E-state index contributed by atoms with van der Waals surface area (Å²) in [5.74, 6) is 2.03. The molecule has 0 aliphatic carbocycles. The van der Waals surface area contributed by atoms with Gasteiger partial charge in [-0.1, -0.05) is 42.1 Å². The summed E-state index contributed by atoms with van der Waals surface area (Å²) >= 11 is 1.42. The second kappa shape index (κ2) is 10.5. The summed E-state index contributed by atoms with van der Waals surface area (Å²) in [7, 11) is 1.65. The summed E-state index contributed by atoms with van der Waals surface area (Å²) < 4.78 is 7.32. The number of ether oxygens (including phenoxy) is 1. The van der Waals surface area contributed by atoms with E-state index in [1.165, 1.54) is 11.8 Å². The third-order valence-electron chi connectivity index (χ3n) is 4.96. The van der Waals surface area contributed by atoms with E-state index in [2.05, 4.69) is 22.3 Å². The van der Waals surface area contributed by atoms with Crippen molar-refractivity contribution in [3.8, 4) is 11.4 Å². The summed E-state index contributed by atoms with van der Waals surface area (Å²) in [4.78, 5) is 14.8. The second-order valence-corrected chi connectivity index (χ2v) is 8.81. The van der Waals surface area contributed by atoms with Crippen molar-refractivity contribution >= 4 is 17.7 Å². The fourth-order valence-electron chi connectivity index (χ4n) is 3.65. The number of thioether (sulfide) groups is 1. The summed E-state index contributed by atoms with van der Waals surface area (Å²) in [6.45, 7) is 8.17. The molecule has 6 nitrogen and oxygen atoms in total. The van der Waals surface area contributed by atoms with Gasteiger partial charge in [0.25, 0.3) is 0 Å². The molecule has 31 heavy (non-hydrogen) atoms. The number of carbonyl (C=O) groups is 1. The molecule has 164 valence electrons. The van der Waals surface area contributed by atoms with Gasteiger partial charge in [0.15, 0.2) is 5.16 Å². The van der Waals surface area contributed by atoms with E-state index in [4.69, 9.17) is 4.74 Å². The fourth-order valence-corrected chi connectivity index (χ4v) is 4.49. The van der Waals surface area contributed by atoms with Crippen LogP contribution < -0.4 is 4.74 Å². The van der Waals surface area contributed by atoms with Crippen molar-refractivity contribution in [2.75, 3.05) is 12.9 Å². The highest BCUT2D eigenvalue weighted by Gasteiger charge is 2.22. The zero-order valence-electron chi connectivity index (χ0n) is 18.8. The van der Waals surface area contributed by atoms with Crippen LogP contribution in [-0.2, 0) is 11.2 Å². The molecule has 0 radical (unpaired) electrons. The fraction of sp³-hybridized carbons (Fsp3) is 0.375. The minimum atomic E-state index is 0.101. The highest BCUT2D eigenvalue weighted by atomic mass is 32.2. The Morgan fingerprint density at radius 3 is 2.23 bits per heavy atom. The van der Waals surface area contributed by atoms with Crippen LogP contribution in [0.4, 0.5) is 0 Å². The van der Waals surface area contributed by atoms with E-state index in [1.54, 1.807) is 7.11 Å². The van der Waals surface area contributed by atoms with Crippen LogP contribution >= 0.6 is 11.8 Å². The van der Waals surface area contributed by atoms with Gasteiger partial charge in [-0.05, 0) is 57.5 Å². The van der Waals surface area contributed by atoms with Gasteiger partial charge in [-0.3, -0.25) is 9.36 Å². The highest BCUT2D eigenvalue weighted by Crippen LogP contribution is 2.25. The van der Waals surface area contributed by atoms with E-state index >= 15 is 0 Å². The molecule has 2 aromatic carbocycles. The van der Waals surface area contributed by atoms with Crippen LogP contribution in [0.25, 0.3) is 5.69 Å². The van der Waals surface area contributed by atoms with Gasteiger partial charge in [0.2, 0.25) is 5.91 Å². The number of rotatable bonds is 9. The van der Waals surface area contributed by atoms with Crippen LogP contribution in [0.3, 0.4) is 0 Å². The molecule has 1 amide bonds. The van der Waals surface area contributed by atoms with Crippen molar-refractivity contribution in [3.63, 3.8) is 0 Å². The van der Waals surface area contributed by atoms with Crippen molar-refractivity contribution in [2.24, 2.45) is 0 Å². The van der Waals surface area contributed by atoms with Gasteiger partial charge < -0.3 is 9.64 Å². The zero-order valence-corrected chi connectivity index (χ0v) is 19.6. The molecule has 0 unspecified atom stereocenters. The van der Waals surface area contributed by atoms with E-state index in [0.29, 0.717) is 17.3 Å². The van der Waals surface area contributed by atoms with Gasteiger partial charge in [0.05, 0.1) is 12.9 Å². The number of aromatic nitrogens is 3. The average Bonchev–Trinajstić information content (AvgIpc) is 3.15. The third kappa shape index (κ3) is 5.67. The Hall–Kier alpha value is -2.80. The Kier molecular flexibility index (Phi) is 7.74. The van der Waals surface area contributed by atoms with E-state index in [-0.39, 0.29) is 18.0 Å². The lowest BCUT2D eigenvalue weighted by Gasteiger charge is -2.30. The summed E-state index contributed by atoms with van der Waals surface area (Å²) in [6, 6.07) is 18.3.